The number of para-hydroxylation sites is 1. The van der Waals surface area contributed by atoms with E-state index in [1.807, 2.05) is 19.1 Å². The van der Waals surface area contributed by atoms with Gasteiger partial charge in [0.25, 0.3) is 5.91 Å². The molecule has 0 aliphatic carbocycles. The highest BCUT2D eigenvalue weighted by Crippen LogP contribution is 2.40. The van der Waals surface area contributed by atoms with Crippen LogP contribution in [0, 0.1) is 0 Å². The van der Waals surface area contributed by atoms with Crippen molar-refractivity contribution >= 4 is 22.7 Å². The molecular weight excluding hydrogens is 398 g/mol. The molecule has 0 saturated carbocycles. The quantitative estimate of drug-likeness (QED) is 0.537. The van der Waals surface area contributed by atoms with E-state index < -0.39 is 23.5 Å². The zero-order valence-electron chi connectivity index (χ0n) is 17.1. The molecule has 160 valence electrons. The van der Waals surface area contributed by atoms with Crippen LogP contribution in [-0.2, 0) is 4.79 Å². The van der Waals surface area contributed by atoms with Crippen LogP contribution in [0.3, 0.4) is 0 Å². The number of hydrogen-bond acceptors (Lipinski definition) is 6. The van der Waals surface area contributed by atoms with Crippen LogP contribution in [0.5, 0.6) is 5.75 Å². The Kier molecular flexibility index (Phi) is 5.77. The molecule has 7 nitrogen and oxygen atoms in total. The molecule has 0 saturated heterocycles. The summed E-state index contributed by atoms with van der Waals surface area (Å²) < 4.78 is 11.2. The van der Waals surface area contributed by atoms with Crippen LogP contribution in [0.25, 0.3) is 11.0 Å². The van der Waals surface area contributed by atoms with Crippen LogP contribution in [0.4, 0.5) is 0 Å². The van der Waals surface area contributed by atoms with E-state index in [2.05, 4.69) is 0 Å². The van der Waals surface area contributed by atoms with Gasteiger partial charge in [0, 0.05) is 11.9 Å². The monoisotopic (exact) mass is 421 g/mol. The van der Waals surface area contributed by atoms with Crippen molar-refractivity contribution in [3.05, 3.63) is 77.3 Å². The Morgan fingerprint density at radius 2 is 1.97 bits per heavy atom. The minimum Gasteiger partial charge on any atom is -0.503 e. The van der Waals surface area contributed by atoms with Gasteiger partial charge in [-0.1, -0.05) is 37.3 Å². The number of ketones is 1. The van der Waals surface area contributed by atoms with Crippen LogP contribution in [-0.4, -0.2) is 46.6 Å². The Morgan fingerprint density at radius 3 is 2.71 bits per heavy atom. The van der Waals surface area contributed by atoms with E-state index in [1.54, 1.807) is 42.5 Å². The van der Waals surface area contributed by atoms with Crippen LogP contribution in [0.2, 0.25) is 0 Å². The second-order valence-electron chi connectivity index (χ2n) is 7.29. The molecule has 1 aliphatic heterocycles. The van der Waals surface area contributed by atoms with Gasteiger partial charge in [-0.15, -0.1) is 0 Å². The summed E-state index contributed by atoms with van der Waals surface area (Å²) in [6, 6.07) is 15.0. The predicted molar refractivity (Wildman–Crippen MR) is 114 cm³/mol. The smallest absolute Gasteiger partial charge is 0.290 e. The van der Waals surface area contributed by atoms with Crippen LogP contribution >= 0.6 is 0 Å². The molecule has 7 heteroatoms. The van der Waals surface area contributed by atoms with Crippen molar-refractivity contribution < 1.29 is 29.0 Å². The number of rotatable bonds is 8. The molecule has 1 amide bonds. The third-order valence-corrected chi connectivity index (χ3v) is 5.20. The van der Waals surface area contributed by atoms with Gasteiger partial charge in [0.15, 0.2) is 11.5 Å². The summed E-state index contributed by atoms with van der Waals surface area (Å²) in [6.45, 7) is 2.27. The molecule has 2 aromatic carbocycles. The molecule has 31 heavy (non-hydrogen) atoms. The third kappa shape index (κ3) is 3.80. The van der Waals surface area contributed by atoms with Crippen molar-refractivity contribution in [2.45, 2.75) is 19.4 Å². The number of nitrogens with zero attached hydrogens (tertiary/aromatic N) is 1. The fourth-order valence-electron chi connectivity index (χ4n) is 3.87. The highest BCUT2D eigenvalue weighted by atomic mass is 16.5. The first-order chi connectivity index (χ1) is 15.0. The number of carbonyl (C=O) groups excluding carboxylic acids is 2. The zero-order valence-corrected chi connectivity index (χ0v) is 17.1. The predicted octanol–water partition coefficient (Wildman–Crippen LogP) is 3.79. The first kappa shape index (κ1) is 20.7. The average molecular weight is 421 g/mol. The van der Waals surface area contributed by atoms with E-state index in [1.165, 1.54) is 4.90 Å². The summed E-state index contributed by atoms with van der Waals surface area (Å²) in [5.74, 6) is -1.13. The average Bonchev–Trinajstić information content (AvgIpc) is 3.32. The molecule has 0 spiro atoms. The lowest BCUT2D eigenvalue weighted by molar-refractivity contribution is -0.129. The molecule has 0 fully saturated rings. The number of amides is 1. The molecule has 2 N–H and O–H groups in total. The van der Waals surface area contributed by atoms with Gasteiger partial charge in [0.1, 0.15) is 17.9 Å². The second kappa shape index (κ2) is 8.65. The first-order valence-corrected chi connectivity index (χ1v) is 10.2. The summed E-state index contributed by atoms with van der Waals surface area (Å²) in [6.07, 6.45) is 0.655. The third-order valence-electron chi connectivity index (χ3n) is 5.20. The number of ether oxygens (including phenoxy) is 1. The van der Waals surface area contributed by atoms with Gasteiger partial charge in [0.2, 0.25) is 5.78 Å². The summed E-state index contributed by atoms with van der Waals surface area (Å²) in [5.41, 5.74) is 1.16. The van der Waals surface area contributed by atoms with Crippen LogP contribution in [0.1, 0.15) is 35.5 Å². The molecule has 2 heterocycles. The number of aliphatic hydroxyl groups excluding tert-OH is 2. The highest BCUT2D eigenvalue weighted by molar-refractivity contribution is 6.16. The van der Waals surface area contributed by atoms with Gasteiger partial charge in [0.05, 0.1) is 18.2 Å². The van der Waals surface area contributed by atoms with Crippen molar-refractivity contribution in [2.75, 3.05) is 19.8 Å². The number of Topliss-reactive ketones (excluding diaryl/α,β-unsaturated/α-hetero) is 1. The van der Waals surface area contributed by atoms with E-state index in [0.29, 0.717) is 29.9 Å². The Hall–Kier alpha value is -3.58. The summed E-state index contributed by atoms with van der Waals surface area (Å²) >= 11 is 0. The first-order valence-electron chi connectivity index (χ1n) is 10.2. The summed E-state index contributed by atoms with van der Waals surface area (Å²) in [7, 11) is 0. The zero-order chi connectivity index (χ0) is 22.0. The largest absolute Gasteiger partial charge is 0.503 e. The Balaban J connectivity index is 1.78. The van der Waals surface area contributed by atoms with Gasteiger partial charge >= 0.3 is 0 Å². The number of furan rings is 1. The number of fused-ring (bicyclic) bond motifs is 1. The van der Waals surface area contributed by atoms with Gasteiger partial charge < -0.3 is 24.3 Å². The molecule has 4 rings (SSSR count). The van der Waals surface area contributed by atoms with Crippen molar-refractivity contribution in [1.82, 2.24) is 4.90 Å². The van der Waals surface area contributed by atoms with Crippen molar-refractivity contribution in [3.63, 3.8) is 0 Å². The second-order valence-corrected chi connectivity index (χ2v) is 7.29. The lowest BCUT2D eigenvalue weighted by Crippen LogP contribution is -2.31. The molecule has 0 radical (unpaired) electrons. The van der Waals surface area contributed by atoms with E-state index in [-0.39, 0.29) is 24.5 Å². The van der Waals surface area contributed by atoms with Gasteiger partial charge in [-0.2, -0.15) is 0 Å². The molecular formula is C24H23NO6. The van der Waals surface area contributed by atoms with Gasteiger partial charge in [-0.05, 0) is 36.2 Å². The maximum atomic E-state index is 13.4. The lowest BCUT2D eigenvalue weighted by Gasteiger charge is -2.26. The SMILES string of the molecule is CCCN1C(=O)C(O)=C(C(=O)c2cc3ccccc3o2)C1c1cccc(OCCO)c1. The molecule has 1 atom stereocenters. The molecule has 3 aromatic rings. The standard InChI is InChI=1S/C24H23NO6/c1-2-10-25-21(16-7-5-8-17(13-16)30-12-11-26)20(23(28)24(25)29)22(27)19-14-15-6-3-4-9-18(15)31-19/h3-9,13-14,21,26,28H,2,10-12H2,1H3. The van der Waals surface area contributed by atoms with Crippen LogP contribution < -0.4 is 4.74 Å². The van der Waals surface area contributed by atoms with Crippen molar-refractivity contribution in [2.24, 2.45) is 0 Å². The Bertz CT molecular complexity index is 1130. The number of hydrogen-bond donors (Lipinski definition) is 2. The number of aliphatic hydroxyl groups is 2. The van der Waals surface area contributed by atoms with Gasteiger partial charge in [-0.25, -0.2) is 0 Å². The fourth-order valence-corrected chi connectivity index (χ4v) is 3.87. The van der Waals surface area contributed by atoms with E-state index in [0.717, 1.165) is 5.39 Å². The highest BCUT2D eigenvalue weighted by Gasteiger charge is 2.44. The molecule has 1 aromatic heterocycles. The fraction of sp³-hybridized carbons (Fsp3) is 0.250. The Morgan fingerprint density at radius 1 is 1.16 bits per heavy atom. The minimum absolute atomic E-state index is 0.0168. The lowest BCUT2D eigenvalue weighted by atomic mass is 9.94. The van der Waals surface area contributed by atoms with E-state index >= 15 is 0 Å². The van der Waals surface area contributed by atoms with Gasteiger partial charge in [-0.3, -0.25) is 9.59 Å². The summed E-state index contributed by atoms with van der Waals surface area (Å²) in [4.78, 5) is 27.7. The van der Waals surface area contributed by atoms with Crippen LogP contribution in [0.15, 0.2) is 70.3 Å². The molecule has 1 unspecified atom stereocenters. The number of benzene rings is 2. The van der Waals surface area contributed by atoms with Crippen molar-refractivity contribution in [3.8, 4) is 5.75 Å². The topological polar surface area (TPSA) is 100 Å². The normalized spacial score (nSPS) is 16.4. The maximum absolute atomic E-state index is 13.4. The minimum atomic E-state index is -0.772. The van der Waals surface area contributed by atoms with E-state index in [9.17, 15) is 14.7 Å². The van der Waals surface area contributed by atoms with E-state index in [4.69, 9.17) is 14.3 Å². The number of carbonyl (C=O) groups is 2. The molecule has 1 aliphatic rings. The Labute approximate surface area is 179 Å². The molecule has 0 bridgehead atoms. The van der Waals surface area contributed by atoms with Crippen molar-refractivity contribution in [1.29, 1.82) is 0 Å². The summed E-state index contributed by atoms with van der Waals surface area (Å²) in [5, 5.41) is 20.4. The maximum Gasteiger partial charge on any atom is 0.290 e.